The Balaban J connectivity index is 1.69. The van der Waals surface area contributed by atoms with E-state index in [1.807, 2.05) is 31.2 Å². The van der Waals surface area contributed by atoms with Crippen molar-refractivity contribution in [2.75, 3.05) is 19.8 Å². The van der Waals surface area contributed by atoms with Crippen molar-refractivity contribution >= 4 is 0 Å². The standard InChI is InChI=1S/C14H21NO3/c1-2-16-13-5-3-4-6-14(13)18-8-7-17-12-9-11(15)10-12/h3-6,11-12H,2,7-10,15H2,1H3. The molecule has 0 atom stereocenters. The van der Waals surface area contributed by atoms with Crippen LogP contribution in [0.5, 0.6) is 11.5 Å². The summed E-state index contributed by atoms with van der Waals surface area (Å²) in [6.45, 7) is 3.73. The quantitative estimate of drug-likeness (QED) is 0.753. The summed E-state index contributed by atoms with van der Waals surface area (Å²) >= 11 is 0. The number of benzene rings is 1. The molecule has 2 rings (SSSR count). The lowest BCUT2D eigenvalue weighted by Gasteiger charge is -2.32. The van der Waals surface area contributed by atoms with Crippen LogP contribution < -0.4 is 15.2 Å². The highest BCUT2D eigenvalue weighted by molar-refractivity contribution is 5.39. The van der Waals surface area contributed by atoms with Gasteiger partial charge in [-0.3, -0.25) is 0 Å². The predicted octanol–water partition coefficient (Wildman–Crippen LogP) is 1.97. The molecule has 0 amide bonds. The van der Waals surface area contributed by atoms with Gasteiger partial charge >= 0.3 is 0 Å². The molecule has 0 saturated heterocycles. The highest BCUT2D eigenvalue weighted by atomic mass is 16.5. The van der Waals surface area contributed by atoms with Crippen molar-refractivity contribution in [3.8, 4) is 11.5 Å². The van der Waals surface area contributed by atoms with E-state index in [0.717, 1.165) is 24.3 Å². The third kappa shape index (κ3) is 3.62. The van der Waals surface area contributed by atoms with Gasteiger partial charge in [0.05, 0.1) is 19.3 Å². The highest BCUT2D eigenvalue weighted by Crippen LogP contribution is 2.26. The molecule has 18 heavy (non-hydrogen) atoms. The average molecular weight is 251 g/mol. The normalized spacial score (nSPS) is 22.3. The van der Waals surface area contributed by atoms with Crippen molar-refractivity contribution < 1.29 is 14.2 Å². The SMILES string of the molecule is CCOc1ccccc1OCCOC1CC(N)C1. The molecule has 100 valence electrons. The first kappa shape index (κ1) is 13.2. The Morgan fingerprint density at radius 3 is 2.39 bits per heavy atom. The number of para-hydroxylation sites is 2. The smallest absolute Gasteiger partial charge is 0.161 e. The van der Waals surface area contributed by atoms with E-state index in [9.17, 15) is 0 Å². The minimum absolute atomic E-state index is 0.325. The number of rotatable bonds is 7. The summed E-state index contributed by atoms with van der Waals surface area (Å²) in [6, 6.07) is 8.01. The number of hydrogen-bond donors (Lipinski definition) is 1. The van der Waals surface area contributed by atoms with Crippen LogP contribution in [0.3, 0.4) is 0 Å². The molecule has 0 unspecified atom stereocenters. The number of ether oxygens (including phenoxy) is 3. The van der Waals surface area contributed by atoms with E-state index in [0.29, 0.717) is 32.0 Å². The minimum atomic E-state index is 0.325. The van der Waals surface area contributed by atoms with Crippen molar-refractivity contribution in [3.05, 3.63) is 24.3 Å². The molecule has 4 nitrogen and oxygen atoms in total. The third-order valence-corrected chi connectivity index (χ3v) is 2.97. The molecule has 1 aromatic carbocycles. The molecule has 1 fully saturated rings. The van der Waals surface area contributed by atoms with Crippen LogP contribution in [0.1, 0.15) is 19.8 Å². The van der Waals surface area contributed by atoms with Gasteiger partial charge in [0.15, 0.2) is 11.5 Å². The minimum Gasteiger partial charge on any atom is -0.490 e. The first-order valence-electron chi connectivity index (χ1n) is 6.51. The summed E-state index contributed by atoms with van der Waals surface area (Å²) in [4.78, 5) is 0. The van der Waals surface area contributed by atoms with Gasteiger partial charge in [0.2, 0.25) is 0 Å². The van der Waals surface area contributed by atoms with E-state index in [1.165, 1.54) is 0 Å². The van der Waals surface area contributed by atoms with Crippen LogP contribution >= 0.6 is 0 Å². The summed E-state index contributed by atoms with van der Waals surface area (Å²) in [7, 11) is 0. The fourth-order valence-electron chi connectivity index (χ4n) is 1.95. The van der Waals surface area contributed by atoms with Gasteiger partial charge in [0.25, 0.3) is 0 Å². The Morgan fingerprint density at radius 1 is 1.11 bits per heavy atom. The molecule has 1 aliphatic carbocycles. The van der Waals surface area contributed by atoms with E-state index in [2.05, 4.69) is 0 Å². The molecular formula is C14H21NO3. The van der Waals surface area contributed by atoms with Crippen molar-refractivity contribution in [1.82, 2.24) is 0 Å². The van der Waals surface area contributed by atoms with Crippen LogP contribution in [-0.4, -0.2) is 32.0 Å². The number of nitrogens with two attached hydrogens (primary N) is 1. The van der Waals surface area contributed by atoms with Crippen LogP contribution in [-0.2, 0) is 4.74 Å². The molecule has 0 heterocycles. The van der Waals surface area contributed by atoms with Crippen molar-refractivity contribution in [2.24, 2.45) is 5.73 Å². The third-order valence-electron chi connectivity index (χ3n) is 2.97. The maximum Gasteiger partial charge on any atom is 0.161 e. The molecule has 0 spiro atoms. The van der Waals surface area contributed by atoms with Gasteiger partial charge in [-0.2, -0.15) is 0 Å². The van der Waals surface area contributed by atoms with Crippen LogP contribution in [0, 0.1) is 0 Å². The van der Waals surface area contributed by atoms with Gasteiger partial charge in [0.1, 0.15) is 6.61 Å². The second kappa shape index (κ2) is 6.61. The topological polar surface area (TPSA) is 53.7 Å². The molecule has 0 aromatic heterocycles. The van der Waals surface area contributed by atoms with E-state index in [4.69, 9.17) is 19.9 Å². The van der Waals surface area contributed by atoms with Gasteiger partial charge in [-0.1, -0.05) is 12.1 Å². The van der Waals surface area contributed by atoms with E-state index < -0.39 is 0 Å². The summed E-state index contributed by atoms with van der Waals surface area (Å²) < 4.78 is 16.8. The zero-order chi connectivity index (χ0) is 12.8. The molecular weight excluding hydrogens is 230 g/mol. The van der Waals surface area contributed by atoms with Gasteiger partial charge in [-0.05, 0) is 31.9 Å². The van der Waals surface area contributed by atoms with Crippen LogP contribution in [0.15, 0.2) is 24.3 Å². The van der Waals surface area contributed by atoms with Gasteiger partial charge in [-0.15, -0.1) is 0 Å². The molecule has 2 N–H and O–H groups in total. The van der Waals surface area contributed by atoms with Crippen LogP contribution in [0.4, 0.5) is 0 Å². The summed E-state index contributed by atoms with van der Waals surface area (Å²) in [5.74, 6) is 1.55. The summed E-state index contributed by atoms with van der Waals surface area (Å²) in [5.41, 5.74) is 5.69. The molecule has 0 bridgehead atoms. The Labute approximate surface area is 108 Å². The second-order valence-electron chi connectivity index (χ2n) is 4.45. The zero-order valence-corrected chi connectivity index (χ0v) is 10.8. The summed E-state index contributed by atoms with van der Waals surface area (Å²) in [5, 5.41) is 0. The second-order valence-corrected chi connectivity index (χ2v) is 4.45. The van der Waals surface area contributed by atoms with E-state index in [-0.39, 0.29) is 0 Å². The Hall–Kier alpha value is -1.26. The fourth-order valence-corrected chi connectivity index (χ4v) is 1.95. The van der Waals surface area contributed by atoms with Crippen LogP contribution in [0.2, 0.25) is 0 Å². The lowest BCUT2D eigenvalue weighted by atomic mass is 9.90. The summed E-state index contributed by atoms with van der Waals surface area (Å²) in [6.07, 6.45) is 2.26. The lowest BCUT2D eigenvalue weighted by Crippen LogP contribution is -2.42. The van der Waals surface area contributed by atoms with Crippen molar-refractivity contribution in [1.29, 1.82) is 0 Å². The fraction of sp³-hybridized carbons (Fsp3) is 0.571. The monoisotopic (exact) mass is 251 g/mol. The van der Waals surface area contributed by atoms with Crippen molar-refractivity contribution in [3.63, 3.8) is 0 Å². The van der Waals surface area contributed by atoms with Crippen LogP contribution in [0.25, 0.3) is 0 Å². The number of hydrogen-bond acceptors (Lipinski definition) is 4. The Bertz CT molecular complexity index is 364. The van der Waals surface area contributed by atoms with Crippen molar-refractivity contribution in [2.45, 2.75) is 31.9 Å². The highest BCUT2D eigenvalue weighted by Gasteiger charge is 2.26. The predicted molar refractivity (Wildman–Crippen MR) is 70.1 cm³/mol. The molecule has 4 heteroatoms. The van der Waals surface area contributed by atoms with Gasteiger partial charge in [-0.25, -0.2) is 0 Å². The van der Waals surface area contributed by atoms with E-state index in [1.54, 1.807) is 0 Å². The molecule has 1 aromatic rings. The zero-order valence-electron chi connectivity index (χ0n) is 10.8. The van der Waals surface area contributed by atoms with Gasteiger partial charge in [0, 0.05) is 6.04 Å². The molecule has 0 aliphatic heterocycles. The Kier molecular flexibility index (Phi) is 4.84. The first-order chi connectivity index (χ1) is 8.79. The lowest BCUT2D eigenvalue weighted by molar-refractivity contribution is -0.0200. The maximum atomic E-state index is 5.69. The molecule has 1 saturated carbocycles. The molecule has 1 aliphatic rings. The molecule has 0 radical (unpaired) electrons. The Morgan fingerprint density at radius 2 is 1.78 bits per heavy atom. The maximum absolute atomic E-state index is 5.69. The first-order valence-corrected chi connectivity index (χ1v) is 6.51. The largest absolute Gasteiger partial charge is 0.490 e. The van der Waals surface area contributed by atoms with Gasteiger partial charge < -0.3 is 19.9 Å². The average Bonchev–Trinajstić information content (AvgIpc) is 2.34. The van der Waals surface area contributed by atoms with E-state index >= 15 is 0 Å².